The third-order valence-corrected chi connectivity index (χ3v) is 3.44. The molecule has 0 heterocycles. The summed E-state index contributed by atoms with van der Waals surface area (Å²) in [5.74, 6) is 0.351. The van der Waals surface area contributed by atoms with Gasteiger partial charge in [-0.15, -0.1) is 0 Å². The molecule has 0 aliphatic carbocycles. The van der Waals surface area contributed by atoms with Crippen molar-refractivity contribution in [1.82, 2.24) is 0 Å². The lowest BCUT2D eigenvalue weighted by Crippen LogP contribution is -2.15. The van der Waals surface area contributed by atoms with Gasteiger partial charge >= 0.3 is 0 Å². The van der Waals surface area contributed by atoms with Gasteiger partial charge in [-0.2, -0.15) is 0 Å². The normalized spacial score (nSPS) is 12.4. The molecule has 0 spiro atoms. The number of hydrogen-bond donors (Lipinski definition) is 1. The van der Waals surface area contributed by atoms with Crippen molar-refractivity contribution in [3.8, 4) is 0 Å². The van der Waals surface area contributed by atoms with Gasteiger partial charge in [0.15, 0.2) is 0 Å². The predicted molar refractivity (Wildman–Crippen MR) is 78.1 cm³/mol. The first-order valence-corrected chi connectivity index (χ1v) is 6.58. The van der Waals surface area contributed by atoms with Crippen molar-refractivity contribution in [2.45, 2.75) is 19.3 Å². The number of rotatable bonds is 4. The van der Waals surface area contributed by atoms with Crippen LogP contribution >= 0.6 is 11.6 Å². The average Bonchev–Trinajstić information content (AvgIpc) is 2.37. The van der Waals surface area contributed by atoms with E-state index in [1.54, 1.807) is 0 Å². The lowest BCUT2D eigenvalue weighted by molar-refractivity contribution is 0.694. The molecule has 18 heavy (non-hydrogen) atoms. The van der Waals surface area contributed by atoms with Gasteiger partial charge in [-0.3, -0.25) is 0 Å². The topological polar surface area (TPSA) is 26.0 Å². The Kier molecular flexibility index (Phi) is 4.40. The molecule has 0 fully saturated rings. The number of benzene rings is 2. The molecule has 0 saturated heterocycles. The first-order valence-electron chi connectivity index (χ1n) is 6.20. The summed E-state index contributed by atoms with van der Waals surface area (Å²) in [7, 11) is 0. The second kappa shape index (κ2) is 6.03. The maximum atomic E-state index is 6.01. The highest BCUT2D eigenvalue weighted by Crippen LogP contribution is 2.22. The molecule has 0 bridgehead atoms. The van der Waals surface area contributed by atoms with Crippen LogP contribution in [0.5, 0.6) is 0 Å². The second-order valence-electron chi connectivity index (χ2n) is 4.68. The Balaban J connectivity index is 2.17. The van der Waals surface area contributed by atoms with Crippen LogP contribution in [0.1, 0.15) is 22.6 Å². The van der Waals surface area contributed by atoms with E-state index >= 15 is 0 Å². The summed E-state index contributed by atoms with van der Waals surface area (Å²) in [6.45, 7) is 2.74. The Morgan fingerprint density at radius 3 is 2.44 bits per heavy atom. The monoisotopic (exact) mass is 259 g/mol. The summed E-state index contributed by atoms with van der Waals surface area (Å²) >= 11 is 6.01. The van der Waals surface area contributed by atoms with E-state index in [9.17, 15) is 0 Å². The lowest BCUT2D eigenvalue weighted by atomic mass is 9.91. The summed E-state index contributed by atoms with van der Waals surface area (Å²) < 4.78 is 0. The zero-order chi connectivity index (χ0) is 13.0. The van der Waals surface area contributed by atoms with Gasteiger partial charge in [-0.05, 0) is 43.1 Å². The molecule has 0 radical (unpaired) electrons. The van der Waals surface area contributed by atoms with Crippen LogP contribution in [0, 0.1) is 6.92 Å². The molecule has 0 amide bonds. The molecule has 2 rings (SSSR count). The van der Waals surface area contributed by atoms with Crippen molar-refractivity contribution in [2.24, 2.45) is 5.73 Å². The van der Waals surface area contributed by atoms with Crippen molar-refractivity contribution < 1.29 is 0 Å². The minimum Gasteiger partial charge on any atom is -0.330 e. The summed E-state index contributed by atoms with van der Waals surface area (Å²) in [4.78, 5) is 0. The van der Waals surface area contributed by atoms with E-state index in [0.29, 0.717) is 12.5 Å². The van der Waals surface area contributed by atoms with Crippen LogP contribution in [0.2, 0.25) is 5.02 Å². The van der Waals surface area contributed by atoms with Crippen LogP contribution in [0.15, 0.2) is 48.5 Å². The van der Waals surface area contributed by atoms with Crippen molar-refractivity contribution in [1.29, 1.82) is 0 Å². The van der Waals surface area contributed by atoms with E-state index in [2.05, 4.69) is 37.3 Å². The molecular formula is C16H18ClN. The van der Waals surface area contributed by atoms with Crippen molar-refractivity contribution >= 4 is 11.6 Å². The smallest absolute Gasteiger partial charge is 0.0408 e. The number of hydrogen-bond acceptors (Lipinski definition) is 1. The summed E-state index contributed by atoms with van der Waals surface area (Å²) in [6.07, 6.45) is 0.931. The van der Waals surface area contributed by atoms with Crippen LogP contribution in [0.4, 0.5) is 0 Å². The van der Waals surface area contributed by atoms with Gasteiger partial charge in [0.05, 0.1) is 0 Å². The van der Waals surface area contributed by atoms with Crippen LogP contribution in [-0.2, 0) is 6.42 Å². The predicted octanol–water partition coefficient (Wildman–Crippen LogP) is 3.93. The largest absolute Gasteiger partial charge is 0.330 e. The first-order chi connectivity index (χ1) is 8.69. The Morgan fingerprint density at radius 1 is 1.11 bits per heavy atom. The van der Waals surface area contributed by atoms with Gasteiger partial charge in [-0.25, -0.2) is 0 Å². The van der Waals surface area contributed by atoms with Crippen molar-refractivity contribution in [2.75, 3.05) is 6.54 Å². The average molecular weight is 260 g/mol. The maximum absolute atomic E-state index is 6.01. The Morgan fingerprint density at radius 2 is 1.83 bits per heavy atom. The number of halogens is 1. The Hall–Kier alpha value is -1.31. The molecule has 1 nitrogen and oxygen atoms in total. The third kappa shape index (κ3) is 3.34. The molecule has 1 atom stereocenters. The first kappa shape index (κ1) is 13.1. The zero-order valence-corrected chi connectivity index (χ0v) is 11.3. The van der Waals surface area contributed by atoms with E-state index in [1.165, 1.54) is 16.7 Å². The minimum absolute atomic E-state index is 0.351. The molecule has 2 heteroatoms. The Labute approximate surface area is 114 Å². The summed E-state index contributed by atoms with van der Waals surface area (Å²) in [5.41, 5.74) is 9.70. The molecule has 0 saturated carbocycles. The second-order valence-corrected chi connectivity index (χ2v) is 5.11. The van der Waals surface area contributed by atoms with Gasteiger partial charge in [0, 0.05) is 10.9 Å². The molecule has 1 unspecified atom stereocenters. The van der Waals surface area contributed by atoms with E-state index in [-0.39, 0.29) is 0 Å². The number of nitrogens with two attached hydrogens (primary N) is 1. The summed E-state index contributed by atoms with van der Waals surface area (Å²) in [6, 6.07) is 16.6. The van der Waals surface area contributed by atoms with E-state index in [0.717, 1.165) is 11.4 Å². The third-order valence-electron chi connectivity index (χ3n) is 3.20. The van der Waals surface area contributed by atoms with Crippen LogP contribution < -0.4 is 5.73 Å². The zero-order valence-electron chi connectivity index (χ0n) is 10.6. The van der Waals surface area contributed by atoms with Crippen LogP contribution in [-0.4, -0.2) is 6.54 Å². The van der Waals surface area contributed by atoms with E-state index in [1.807, 2.05) is 18.2 Å². The molecule has 0 aliphatic rings. The SMILES string of the molecule is Cc1ccc(C(CN)Cc2cccc(Cl)c2)cc1. The Bertz CT molecular complexity index is 505. The fourth-order valence-corrected chi connectivity index (χ4v) is 2.34. The number of aryl methyl sites for hydroxylation is 1. The molecular weight excluding hydrogens is 242 g/mol. The standard InChI is InChI=1S/C16H18ClN/c1-12-5-7-14(8-6-12)15(11-18)9-13-3-2-4-16(17)10-13/h2-8,10,15H,9,11,18H2,1H3. The van der Waals surface area contributed by atoms with Gasteiger partial charge in [0.1, 0.15) is 0 Å². The highest BCUT2D eigenvalue weighted by atomic mass is 35.5. The van der Waals surface area contributed by atoms with E-state index < -0.39 is 0 Å². The summed E-state index contributed by atoms with van der Waals surface area (Å²) in [5, 5.41) is 0.784. The highest BCUT2D eigenvalue weighted by Gasteiger charge is 2.10. The molecule has 94 valence electrons. The van der Waals surface area contributed by atoms with Gasteiger partial charge < -0.3 is 5.73 Å². The highest BCUT2D eigenvalue weighted by molar-refractivity contribution is 6.30. The fourth-order valence-electron chi connectivity index (χ4n) is 2.12. The van der Waals surface area contributed by atoms with Gasteiger partial charge in [-0.1, -0.05) is 53.6 Å². The van der Waals surface area contributed by atoms with Gasteiger partial charge in [0.2, 0.25) is 0 Å². The molecule has 2 aromatic rings. The van der Waals surface area contributed by atoms with Crippen molar-refractivity contribution in [3.63, 3.8) is 0 Å². The molecule has 2 aromatic carbocycles. The lowest BCUT2D eigenvalue weighted by Gasteiger charge is -2.15. The van der Waals surface area contributed by atoms with Crippen LogP contribution in [0.3, 0.4) is 0 Å². The minimum atomic E-state index is 0.351. The van der Waals surface area contributed by atoms with E-state index in [4.69, 9.17) is 17.3 Å². The molecule has 0 aromatic heterocycles. The maximum Gasteiger partial charge on any atom is 0.0408 e. The van der Waals surface area contributed by atoms with Crippen molar-refractivity contribution in [3.05, 3.63) is 70.2 Å². The molecule has 0 aliphatic heterocycles. The fraction of sp³-hybridized carbons (Fsp3) is 0.250. The quantitative estimate of drug-likeness (QED) is 0.885. The van der Waals surface area contributed by atoms with Crippen LogP contribution in [0.25, 0.3) is 0 Å². The molecule has 2 N–H and O–H groups in total. The van der Waals surface area contributed by atoms with Gasteiger partial charge in [0.25, 0.3) is 0 Å².